The molecule has 2 aromatic rings. The molecule has 1 fully saturated rings. The molecule has 1 aliphatic heterocycles. The summed E-state index contributed by atoms with van der Waals surface area (Å²) in [4.78, 5) is 0. The molecule has 0 amide bonds. The molecule has 0 aliphatic carbocycles. The van der Waals surface area contributed by atoms with Gasteiger partial charge in [0.1, 0.15) is 5.75 Å². The van der Waals surface area contributed by atoms with Crippen LogP contribution in [0.1, 0.15) is 44.1 Å². The minimum Gasteiger partial charge on any atom is -0.494 e. The van der Waals surface area contributed by atoms with Gasteiger partial charge in [-0.15, -0.1) is 0 Å². The fourth-order valence-corrected chi connectivity index (χ4v) is 4.34. The summed E-state index contributed by atoms with van der Waals surface area (Å²) >= 11 is 0. The number of ether oxygens (including phenoxy) is 1. The van der Waals surface area contributed by atoms with Crippen molar-refractivity contribution in [2.24, 2.45) is 0 Å². The highest BCUT2D eigenvalue weighted by molar-refractivity contribution is 7.48. The second-order valence-electron chi connectivity index (χ2n) is 7.13. The Bertz CT molecular complexity index is 851. The average molecular weight is 429 g/mol. The van der Waals surface area contributed by atoms with Crippen LogP contribution < -0.4 is 4.74 Å². The smallest absolute Gasteiger partial charge is 0.474 e. The van der Waals surface area contributed by atoms with Crippen molar-refractivity contribution >= 4 is 7.82 Å². The number of unbranched alkanes of at least 4 members (excludes halogenated alkanes) is 5. The maximum Gasteiger partial charge on any atom is 0.474 e. The van der Waals surface area contributed by atoms with E-state index < -0.39 is 7.82 Å². The van der Waals surface area contributed by atoms with Gasteiger partial charge < -0.3 is 4.74 Å². The van der Waals surface area contributed by atoms with Crippen LogP contribution in [0, 0.1) is 11.3 Å². The van der Waals surface area contributed by atoms with Crippen molar-refractivity contribution in [1.82, 2.24) is 0 Å². The first-order chi connectivity index (χ1) is 14.7. The van der Waals surface area contributed by atoms with Crippen LogP contribution >= 0.6 is 7.82 Å². The molecular weight excluding hydrogens is 401 g/mol. The van der Waals surface area contributed by atoms with Crippen LogP contribution in [0.25, 0.3) is 11.1 Å². The molecular formula is C23H28NO5P. The van der Waals surface area contributed by atoms with Gasteiger partial charge in [-0.3, -0.25) is 13.6 Å². The van der Waals surface area contributed by atoms with Gasteiger partial charge in [-0.1, -0.05) is 49.9 Å². The predicted octanol–water partition coefficient (Wildman–Crippen LogP) is 6.12. The molecule has 0 unspecified atom stereocenters. The van der Waals surface area contributed by atoms with Crippen LogP contribution in [0.2, 0.25) is 0 Å². The van der Waals surface area contributed by atoms with E-state index in [9.17, 15) is 4.57 Å². The van der Waals surface area contributed by atoms with Crippen molar-refractivity contribution in [3.05, 3.63) is 54.1 Å². The van der Waals surface area contributed by atoms with Crippen LogP contribution in [0.3, 0.4) is 0 Å². The number of hydrogen-bond acceptors (Lipinski definition) is 6. The number of benzene rings is 2. The largest absolute Gasteiger partial charge is 0.494 e. The maximum atomic E-state index is 11.8. The molecule has 0 spiro atoms. The first kappa shape index (κ1) is 22.5. The van der Waals surface area contributed by atoms with Crippen molar-refractivity contribution in [3.8, 4) is 22.9 Å². The van der Waals surface area contributed by atoms with E-state index in [1.165, 1.54) is 0 Å². The summed E-state index contributed by atoms with van der Waals surface area (Å²) in [5.74, 6) is 0.871. The third-order valence-corrected chi connectivity index (χ3v) is 6.34. The Morgan fingerprint density at radius 1 is 0.800 bits per heavy atom. The van der Waals surface area contributed by atoms with Gasteiger partial charge >= 0.3 is 7.82 Å². The number of nitriles is 1. The lowest BCUT2D eigenvalue weighted by atomic mass is 10.0. The Morgan fingerprint density at radius 2 is 1.33 bits per heavy atom. The summed E-state index contributed by atoms with van der Waals surface area (Å²) in [5.41, 5.74) is 2.85. The van der Waals surface area contributed by atoms with E-state index in [1.54, 1.807) is 0 Å². The SMILES string of the molecule is N#Cc1ccc(-c2ccc(OCCCCCCCCOP3(=O)OCCO3)cc2)cc1. The third kappa shape index (κ3) is 7.27. The van der Waals surface area contributed by atoms with E-state index in [-0.39, 0.29) is 0 Å². The normalized spacial score (nSPS) is 15.0. The lowest BCUT2D eigenvalue weighted by molar-refractivity contribution is 0.187. The molecule has 7 heteroatoms. The maximum absolute atomic E-state index is 11.8. The van der Waals surface area contributed by atoms with Crippen LogP contribution in [-0.4, -0.2) is 26.4 Å². The van der Waals surface area contributed by atoms with Gasteiger partial charge in [-0.05, 0) is 48.2 Å². The van der Waals surface area contributed by atoms with E-state index in [0.29, 0.717) is 32.0 Å². The van der Waals surface area contributed by atoms with Crippen molar-refractivity contribution in [2.45, 2.75) is 38.5 Å². The number of phosphoric acid groups is 1. The van der Waals surface area contributed by atoms with Gasteiger partial charge in [0.25, 0.3) is 0 Å². The Morgan fingerprint density at radius 3 is 1.93 bits per heavy atom. The molecule has 1 heterocycles. The Labute approximate surface area is 178 Å². The lowest BCUT2D eigenvalue weighted by Gasteiger charge is -2.09. The zero-order valence-corrected chi connectivity index (χ0v) is 18.0. The topological polar surface area (TPSA) is 77.8 Å². The van der Waals surface area contributed by atoms with E-state index in [4.69, 9.17) is 23.6 Å². The van der Waals surface area contributed by atoms with Gasteiger partial charge in [0, 0.05) is 0 Å². The summed E-state index contributed by atoms with van der Waals surface area (Å²) in [5, 5.41) is 8.88. The fourth-order valence-electron chi connectivity index (χ4n) is 3.17. The molecule has 3 rings (SSSR count). The molecule has 1 saturated heterocycles. The van der Waals surface area contributed by atoms with Gasteiger partial charge in [-0.2, -0.15) is 5.26 Å². The van der Waals surface area contributed by atoms with Crippen LogP contribution in [0.15, 0.2) is 48.5 Å². The van der Waals surface area contributed by atoms with Crippen LogP contribution in [0.4, 0.5) is 0 Å². The van der Waals surface area contributed by atoms with Gasteiger partial charge in [0.15, 0.2) is 0 Å². The molecule has 0 saturated carbocycles. The van der Waals surface area contributed by atoms with Gasteiger partial charge in [0.05, 0.1) is 38.1 Å². The van der Waals surface area contributed by atoms with Gasteiger partial charge in [-0.25, -0.2) is 4.57 Å². The third-order valence-electron chi connectivity index (χ3n) is 4.84. The lowest BCUT2D eigenvalue weighted by Crippen LogP contribution is -1.97. The zero-order valence-electron chi connectivity index (χ0n) is 17.1. The summed E-state index contributed by atoms with van der Waals surface area (Å²) in [6, 6.07) is 17.7. The molecule has 2 aromatic carbocycles. The first-order valence-corrected chi connectivity index (χ1v) is 11.9. The number of phosphoric ester groups is 1. The molecule has 0 N–H and O–H groups in total. The second kappa shape index (κ2) is 11.9. The van der Waals surface area contributed by atoms with Crippen LogP contribution in [-0.2, 0) is 18.1 Å². The molecule has 160 valence electrons. The summed E-state index contributed by atoms with van der Waals surface area (Å²) in [6.45, 7) is 1.82. The highest BCUT2D eigenvalue weighted by atomic mass is 31.2. The van der Waals surface area contributed by atoms with Crippen LogP contribution in [0.5, 0.6) is 5.75 Å². The quantitative estimate of drug-likeness (QED) is 0.299. The number of nitrogens with zero attached hydrogens (tertiary/aromatic N) is 1. The molecule has 6 nitrogen and oxygen atoms in total. The van der Waals surface area contributed by atoms with E-state index in [0.717, 1.165) is 55.4 Å². The fraction of sp³-hybridized carbons (Fsp3) is 0.435. The minimum atomic E-state index is -3.22. The van der Waals surface area contributed by atoms with E-state index in [2.05, 4.69) is 6.07 Å². The Balaban J connectivity index is 1.22. The van der Waals surface area contributed by atoms with Crippen molar-refractivity contribution in [1.29, 1.82) is 5.26 Å². The Kier molecular flexibility index (Phi) is 8.92. The second-order valence-corrected chi connectivity index (χ2v) is 8.80. The molecule has 0 bridgehead atoms. The molecule has 30 heavy (non-hydrogen) atoms. The van der Waals surface area contributed by atoms with Crippen molar-refractivity contribution in [3.63, 3.8) is 0 Å². The number of hydrogen-bond donors (Lipinski definition) is 0. The standard InChI is InChI=1S/C23H28NO5P/c24-19-20-7-9-21(10-8-20)22-11-13-23(14-12-22)26-15-5-3-1-2-4-6-16-27-30(25)28-17-18-29-30/h7-14H,1-6,15-18H2. The summed E-state index contributed by atoms with van der Waals surface area (Å²) in [6.07, 6.45) is 6.30. The summed E-state index contributed by atoms with van der Waals surface area (Å²) in [7, 11) is -3.22. The highest BCUT2D eigenvalue weighted by Crippen LogP contribution is 2.52. The van der Waals surface area contributed by atoms with E-state index in [1.807, 2.05) is 48.5 Å². The summed E-state index contributed by atoms with van der Waals surface area (Å²) < 4.78 is 32.7. The zero-order chi connectivity index (χ0) is 21.1. The first-order valence-electron chi connectivity index (χ1n) is 10.5. The minimum absolute atomic E-state index is 0.348. The monoisotopic (exact) mass is 429 g/mol. The number of rotatable bonds is 12. The Hall–Kier alpha value is -2.16. The van der Waals surface area contributed by atoms with E-state index >= 15 is 0 Å². The molecule has 0 radical (unpaired) electrons. The predicted molar refractivity (Wildman–Crippen MR) is 115 cm³/mol. The highest BCUT2D eigenvalue weighted by Gasteiger charge is 2.31. The molecule has 0 atom stereocenters. The average Bonchev–Trinajstić information content (AvgIpc) is 3.22. The van der Waals surface area contributed by atoms with Gasteiger partial charge in [0.2, 0.25) is 0 Å². The van der Waals surface area contributed by atoms with Crippen molar-refractivity contribution in [2.75, 3.05) is 26.4 Å². The van der Waals surface area contributed by atoms with Crippen molar-refractivity contribution < 1.29 is 22.9 Å². The molecule has 1 aliphatic rings. The molecule has 0 aromatic heterocycles.